The van der Waals surface area contributed by atoms with Crippen LogP contribution < -0.4 is 4.74 Å². The van der Waals surface area contributed by atoms with Crippen LogP contribution in [0.3, 0.4) is 0 Å². The number of hydrogen-bond acceptors (Lipinski definition) is 4. The number of methoxy groups -OCH3 is 1. The highest BCUT2D eigenvalue weighted by Gasteiger charge is 1.91. The molecular formula is C8H7N3O. The summed E-state index contributed by atoms with van der Waals surface area (Å²) in [5.41, 5.74) is 0.636. The summed E-state index contributed by atoms with van der Waals surface area (Å²) in [6, 6.07) is 5.27. The Balaban J connectivity index is 2.79. The molecule has 0 aliphatic rings. The van der Waals surface area contributed by atoms with Gasteiger partial charge >= 0.3 is 0 Å². The largest absolute Gasteiger partial charge is 0.480 e. The Morgan fingerprint density at radius 3 is 2.83 bits per heavy atom. The Morgan fingerprint density at radius 2 is 2.33 bits per heavy atom. The first-order chi connectivity index (χ1) is 5.86. The number of aromatic nitrogens is 2. The maximum Gasteiger partial charge on any atom is 0.233 e. The standard InChI is InChI=1S/C8H7N3O/c1-12-8-5-4-7(10-11-8)3-2-6-9/h2-5H,1H3/b3-2+. The van der Waals surface area contributed by atoms with Crippen molar-refractivity contribution in [3.05, 3.63) is 23.9 Å². The molecule has 0 N–H and O–H groups in total. The van der Waals surface area contributed by atoms with E-state index in [-0.39, 0.29) is 0 Å². The zero-order valence-corrected chi connectivity index (χ0v) is 6.56. The van der Waals surface area contributed by atoms with Crippen molar-refractivity contribution in [3.63, 3.8) is 0 Å². The van der Waals surface area contributed by atoms with Crippen molar-refractivity contribution in [1.82, 2.24) is 10.2 Å². The Bertz CT molecular complexity index is 310. The number of nitriles is 1. The fourth-order valence-electron chi connectivity index (χ4n) is 0.651. The van der Waals surface area contributed by atoms with E-state index >= 15 is 0 Å². The van der Waals surface area contributed by atoms with E-state index in [4.69, 9.17) is 10.00 Å². The normalized spacial score (nSPS) is 9.67. The first-order valence-electron chi connectivity index (χ1n) is 3.30. The van der Waals surface area contributed by atoms with Gasteiger partial charge in [-0.1, -0.05) is 0 Å². The monoisotopic (exact) mass is 161 g/mol. The first kappa shape index (κ1) is 8.21. The molecule has 0 spiro atoms. The van der Waals surface area contributed by atoms with Gasteiger partial charge in [-0.2, -0.15) is 5.26 Å². The van der Waals surface area contributed by atoms with Crippen LogP contribution in [0.5, 0.6) is 5.88 Å². The van der Waals surface area contributed by atoms with Gasteiger partial charge in [-0.25, -0.2) is 0 Å². The number of nitrogens with zero attached hydrogens (tertiary/aromatic N) is 3. The Labute approximate surface area is 70.1 Å². The van der Waals surface area contributed by atoms with Gasteiger partial charge < -0.3 is 4.74 Å². The van der Waals surface area contributed by atoms with Crippen molar-refractivity contribution in [3.8, 4) is 11.9 Å². The molecule has 0 atom stereocenters. The van der Waals surface area contributed by atoms with Crippen LogP contribution in [0.15, 0.2) is 18.2 Å². The highest BCUT2D eigenvalue weighted by molar-refractivity contribution is 5.46. The molecule has 60 valence electrons. The molecule has 1 aromatic heterocycles. The van der Waals surface area contributed by atoms with Crippen LogP contribution in [-0.2, 0) is 0 Å². The molecule has 1 rings (SSSR count). The SMILES string of the molecule is COc1ccc(/C=C/C#N)nn1. The molecular weight excluding hydrogens is 154 g/mol. The summed E-state index contributed by atoms with van der Waals surface area (Å²) in [5, 5.41) is 15.7. The predicted octanol–water partition coefficient (Wildman–Crippen LogP) is 1.02. The molecule has 0 saturated carbocycles. The number of rotatable bonds is 2. The van der Waals surface area contributed by atoms with E-state index < -0.39 is 0 Å². The second-order valence-electron chi connectivity index (χ2n) is 1.96. The predicted molar refractivity (Wildman–Crippen MR) is 43.2 cm³/mol. The number of ether oxygens (including phenoxy) is 1. The third kappa shape index (κ3) is 2.06. The van der Waals surface area contributed by atoms with E-state index in [0.717, 1.165) is 0 Å². The highest BCUT2D eigenvalue weighted by atomic mass is 16.5. The summed E-state index contributed by atoms with van der Waals surface area (Å²) in [7, 11) is 1.52. The molecule has 4 heteroatoms. The van der Waals surface area contributed by atoms with Gasteiger partial charge in [-0.15, -0.1) is 10.2 Å². The van der Waals surface area contributed by atoms with Gasteiger partial charge in [0.15, 0.2) is 0 Å². The summed E-state index contributed by atoms with van der Waals surface area (Å²) < 4.78 is 4.81. The summed E-state index contributed by atoms with van der Waals surface area (Å²) >= 11 is 0. The molecule has 0 amide bonds. The highest BCUT2D eigenvalue weighted by Crippen LogP contribution is 2.04. The van der Waals surface area contributed by atoms with Gasteiger partial charge in [0.25, 0.3) is 0 Å². The third-order valence-corrected chi connectivity index (χ3v) is 1.20. The number of hydrogen-bond donors (Lipinski definition) is 0. The van der Waals surface area contributed by atoms with Crippen molar-refractivity contribution >= 4 is 6.08 Å². The van der Waals surface area contributed by atoms with Crippen molar-refractivity contribution < 1.29 is 4.74 Å². The third-order valence-electron chi connectivity index (χ3n) is 1.20. The molecule has 4 nitrogen and oxygen atoms in total. The van der Waals surface area contributed by atoms with Crippen molar-refractivity contribution in [2.75, 3.05) is 7.11 Å². The van der Waals surface area contributed by atoms with E-state index in [0.29, 0.717) is 11.6 Å². The zero-order valence-electron chi connectivity index (χ0n) is 6.56. The van der Waals surface area contributed by atoms with Crippen LogP contribution in [0.25, 0.3) is 6.08 Å². The second kappa shape index (κ2) is 4.09. The van der Waals surface area contributed by atoms with Gasteiger partial charge in [0, 0.05) is 12.1 Å². The van der Waals surface area contributed by atoms with Crippen molar-refractivity contribution in [2.45, 2.75) is 0 Å². The van der Waals surface area contributed by atoms with Crippen LogP contribution in [0.4, 0.5) is 0 Å². The fourth-order valence-corrected chi connectivity index (χ4v) is 0.651. The van der Waals surface area contributed by atoms with E-state index in [2.05, 4.69) is 10.2 Å². The van der Waals surface area contributed by atoms with Crippen LogP contribution in [0, 0.1) is 11.3 Å². The molecule has 0 bridgehead atoms. The van der Waals surface area contributed by atoms with E-state index in [1.165, 1.54) is 13.2 Å². The lowest BCUT2D eigenvalue weighted by Gasteiger charge is -1.95. The summed E-state index contributed by atoms with van der Waals surface area (Å²) in [6.45, 7) is 0. The molecule has 0 aliphatic heterocycles. The Kier molecular flexibility index (Phi) is 2.79. The van der Waals surface area contributed by atoms with Crippen LogP contribution in [0.1, 0.15) is 5.69 Å². The molecule has 0 aromatic carbocycles. The minimum atomic E-state index is 0.462. The molecule has 1 heterocycles. The van der Waals surface area contributed by atoms with E-state index in [1.54, 1.807) is 18.2 Å². The van der Waals surface area contributed by atoms with Gasteiger partial charge in [0.05, 0.1) is 18.9 Å². The van der Waals surface area contributed by atoms with Gasteiger partial charge in [0.2, 0.25) is 5.88 Å². The van der Waals surface area contributed by atoms with E-state index in [9.17, 15) is 0 Å². The fraction of sp³-hybridized carbons (Fsp3) is 0.125. The smallest absolute Gasteiger partial charge is 0.233 e. The lowest BCUT2D eigenvalue weighted by atomic mass is 10.3. The molecule has 0 aliphatic carbocycles. The maximum absolute atomic E-state index is 8.22. The van der Waals surface area contributed by atoms with Gasteiger partial charge in [-0.3, -0.25) is 0 Å². The molecule has 0 saturated heterocycles. The summed E-state index contributed by atoms with van der Waals surface area (Å²) in [6.07, 6.45) is 2.92. The number of allylic oxidation sites excluding steroid dienone is 1. The summed E-state index contributed by atoms with van der Waals surface area (Å²) in [5.74, 6) is 0.462. The molecule has 0 unspecified atom stereocenters. The maximum atomic E-state index is 8.22. The first-order valence-corrected chi connectivity index (χ1v) is 3.30. The zero-order chi connectivity index (χ0) is 8.81. The lowest BCUT2D eigenvalue weighted by molar-refractivity contribution is 0.392. The average molecular weight is 161 g/mol. The molecule has 1 aromatic rings. The van der Waals surface area contributed by atoms with Crippen LogP contribution in [-0.4, -0.2) is 17.3 Å². The lowest BCUT2D eigenvalue weighted by Crippen LogP contribution is -1.90. The van der Waals surface area contributed by atoms with Gasteiger partial charge in [-0.05, 0) is 12.1 Å². The minimum absolute atomic E-state index is 0.462. The molecule has 0 fully saturated rings. The van der Waals surface area contributed by atoms with Crippen LogP contribution in [0.2, 0.25) is 0 Å². The topological polar surface area (TPSA) is 58.8 Å². The molecule has 0 radical (unpaired) electrons. The molecule has 12 heavy (non-hydrogen) atoms. The Hall–Kier alpha value is -1.89. The minimum Gasteiger partial charge on any atom is -0.480 e. The van der Waals surface area contributed by atoms with Crippen molar-refractivity contribution in [2.24, 2.45) is 0 Å². The van der Waals surface area contributed by atoms with Crippen LogP contribution >= 0.6 is 0 Å². The second-order valence-corrected chi connectivity index (χ2v) is 1.96. The average Bonchev–Trinajstić information content (AvgIpc) is 2.15. The summed E-state index contributed by atoms with van der Waals surface area (Å²) in [4.78, 5) is 0. The quantitative estimate of drug-likeness (QED) is 0.607. The van der Waals surface area contributed by atoms with Crippen molar-refractivity contribution in [1.29, 1.82) is 5.26 Å². The Morgan fingerprint density at radius 1 is 1.50 bits per heavy atom. The van der Waals surface area contributed by atoms with E-state index in [1.807, 2.05) is 6.07 Å². The van der Waals surface area contributed by atoms with Gasteiger partial charge in [0.1, 0.15) is 0 Å².